The quantitative estimate of drug-likeness (QED) is 0.384. The fourth-order valence-corrected chi connectivity index (χ4v) is 4.46. The highest BCUT2D eigenvalue weighted by atomic mass is 35.5. The Hall–Kier alpha value is -2.06. The zero-order chi connectivity index (χ0) is 20.6. The molecule has 29 heavy (non-hydrogen) atoms. The van der Waals surface area contributed by atoms with Gasteiger partial charge in [0.05, 0.1) is 5.41 Å². The Morgan fingerprint density at radius 3 is 1.41 bits per heavy atom. The summed E-state index contributed by atoms with van der Waals surface area (Å²) in [6.45, 7) is 4.61. The summed E-state index contributed by atoms with van der Waals surface area (Å²) in [4.78, 5) is 0. The fourth-order valence-electron chi connectivity index (χ4n) is 4.08. The van der Waals surface area contributed by atoms with E-state index >= 15 is 0 Å². The molecule has 0 saturated heterocycles. The van der Waals surface area contributed by atoms with Crippen molar-refractivity contribution < 1.29 is 4.39 Å². The van der Waals surface area contributed by atoms with Crippen molar-refractivity contribution in [1.82, 2.24) is 0 Å². The molecule has 1 radical (unpaired) electrons. The highest BCUT2D eigenvalue weighted by molar-refractivity contribution is 6.31. The summed E-state index contributed by atoms with van der Waals surface area (Å²) >= 11 is 18.4. The van der Waals surface area contributed by atoms with E-state index in [1.165, 1.54) is 6.08 Å². The normalized spacial score (nSPS) is 20.4. The van der Waals surface area contributed by atoms with Crippen LogP contribution in [-0.2, 0) is 10.8 Å². The zero-order valence-electron chi connectivity index (χ0n) is 15.4. The Morgan fingerprint density at radius 1 is 0.621 bits per heavy atom. The number of hydrogen-bond donors (Lipinski definition) is 0. The molecule has 0 amide bonds. The molecule has 0 spiro atoms. The first-order valence-corrected chi connectivity index (χ1v) is 10.2. The van der Waals surface area contributed by atoms with E-state index in [1.54, 1.807) is 30.3 Å². The van der Waals surface area contributed by atoms with Gasteiger partial charge in [0.1, 0.15) is 5.83 Å². The maximum Gasteiger partial charge on any atom is 0.120 e. The van der Waals surface area contributed by atoms with E-state index < -0.39 is 10.8 Å². The lowest BCUT2D eigenvalue weighted by Gasteiger charge is -2.48. The third kappa shape index (κ3) is 3.42. The molecular weight excluding hydrogens is 426 g/mol. The van der Waals surface area contributed by atoms with Gasteiger partial charge in [-0.2, -0.15) is 0 Å². The van der Waals surface area contributed by atoms with Crippen LogP contribution >= 0.6 is 34.8 Å². The highest BCUT2D eigenvalue weighted by Crippen LogP contribution is 2.53. The molecule has 0 fully saturated rings. The molecule has 0 aliphatic heterocycles. The van der Waals surface area contributed by atoms with Gasteiger partial charge in [-0.05, 0) is 72.2 Å². The SMILES string of the molecule is [CH2]C1(c2ccc(Cl)cc2)C=CC(F)=CC1(c1ccc(Cl)cc1)c1ccc(Cl)cc1. The van der Waals surface area contributed by atoms with Crippen LogP contribution in [0.1, 0.15) is 16.7 Å². The van der Waals surface area contributed by atoms with E-state index in [2.05, 4.69) is 6.92 Å². The molecule has 0 nitrogen and oxygen atoms in total. The van der Waals surface area contributed by atoms with Crippen molar-refractivity contribution in [3.63, 3.8) is 0 Å². The van der Waals surface area contributed by atoms with Crippen molar-refractivity contribution in [3.8, 4) is 0 Å². The van der Waals surface area contributed by atoms with E-state index in [-0.39, 0.29) is 5.83 Å². The van der Waals surface area contributed by atoms with Gasteiger partial charge in [-0.25, -0.2) is 4.39 Å². The minimum atomic E-state index is -0.922. The summed E-state index contributed by atoms with van der Waals surface area (Å²) in [5.41, 5.74) is 0.887. The molecular formula is C25H17Cl3F. The average Bonchev–Trinajstić information content (AvgIpc) is 2.71. The Balaban J connectivity index is 2.07. The maximum absolute atomic E-state index is 14.8. The molecule has 1 unspecified atom stereocenters. The maximum atomic E-state index is 14.8. The fraction of sp³-hybridized carbons (Fsp3) is 0.0800. The average molecular weight is 443 g/mol. The van der Waals surface area contributed by atoms with Gasteiger partial charge in [0, 0.05) is 20.5 Å². The summed E-state index contributed by atoms with van der Waals surface area (Å²) < 4.78 is 14.8. The largest absolute Gasteiger partial charge is 0.207 e. The lowest BCUT2D eigenvalue weighted by Crippen LogP contribution is -2.47. The lowest BCUT2D eigenvalue weighted by atomic mass is 9.53. The van der Waals surface area contributed by atoms with Gasteiger partial charge in [-0.3, -0.25) is 0 Å². The van der Waals surface area contributed by atoms with Crippen LogP contribution in [0, 0.1) is 6.92 Å². The summed E-state index contributed by atoms with van der Waals surface area (Å²) in [5, 5.41) is 1.84. The first-order valence-electron chi connectivity index (χ1n) is 9.06. The third-order valence-corrected chi connectivity index (χ3v) is 6.30. The molecule has 1 aliphatic carbocycles. The second kappa shape index (κ2) is 7.65. The smallest absolute Gasteiger partial charge is 0.120 e. The van der Waals surface area contributed by atoms with E-state index in [1.807, 2.05) is 54.6 Å². The number of halogens is 4. The van der Waals surface area contributed by atoms with Gasteiger partial charge in [0.15, 0.2) is 0 Å². The van der Waals surface area contributed by atoms with Crippen molar-refractivity contribution in [3.05, 3.63) is 136 Å². The van der Waals surface area contributed by atoms with Crippen LogP contribution in [0.25, 0.3) is 0 Å². The van der Waals surface area contributed by atoms with Crippen LogP contribution in [0.4, 0.5) is 4.39 Å². The topological polar surface area (TPSA) is 0 Å². The van der Waals surface area contributed by atoms with E-state index in [4.69, 9.17) is 34.8 Å². The zero-order valence-corrected chi connectivity index (χ0v) is 17.6. The van der Waals surface area contributed by atoms with Crippen molar-refractivity contribution in [2.45, 2.75) is 10.8 Å². The van der Waals surface area contributed by atoms with Crippen molar-refractivity contribution in [1.29, 1.82) is 0 Å². The van der Waals surface area contributed by atoms with Gasteiger partial charge in [-0.15, -0.1) is 0 Å². The molecule has 0 aromatic heterocycles. The predicted octanol–water partition coefficient (Wildman–Crippen LogP) is 8.13. The summed E-state index contributed by atoms with van der Waals surface area (Å²) in [6.07, 6.45) is 4.90. The number of hydrogen-bond acceptors (Lipinski definition) is 0. The summed E-state index contributed by atoms with van der Waals surface area (Å²) in [6, 6.07) is 22.4. The lowest BCUT2D eigenvalue weighted by molar-refractivity contribution is 0.437. The second-order valence-electron chi connectivity index (χ2n) is 7.16. The minimum absolute atomic E-state index is 0.330. The summed E-state index contributed by atoms with van der Waals surface area (Å²) in [5.74, 6) is -0.330. The van der Waals surface area contributed by atoms with Crippen LogP contribution in [0.2, 0.25) is 15.1 Å². The third-order valence-electron chi connectivity index (χ3n) is 5.54. The van der Waals surface area contributed by atoms with Gasteiger partial charge in [0.2, 0.25) is 0 Å². The van der Waals surface area contributed by atoms with Crippen LogP contribution in [0.3, 0.4) is 0 Å². The van der Waals surface area contributed by atoms with Crippen LogP contribution in [0.15, 0.2) is 96.9 Å². The number of benzene rings is 3. The molecule has 0 saturated carbocycles. The van der Waals surface area contributed by atoms with Crippen molar-refractivity contribution >= 4 is 34.8 Å². The van der Waals surface area contributed by atoms with Crippen LogP contribution in [0.5, 0.6) is 0 Å². The highest BCUT2D eigenvalue weighted by Gasteiger charge is 2.50. The van der Waals surface area contributed by atoms with Gasteiger partial charge in [-0.1, -0.05) is 77.3 Å². The summed E-state index contributed by atoms with van der Waals surface area (Å²) in [7, 11) is 0. The molecule has 145 valence electrons. The van der Waals surface area contributed by atoms with E-state index in [0.717, 1.165) is 16.7 Å². The van der Waals surface area contributed by atoms with Gasteiger partial charge in [0.25, 0.3) is 0 Å². The van der Waals surface area contributed by atoms with Gasteiger partial charge >= 0.3 is 0 Å². The minimum Gasteiger partial charge on any atom is -0.207 e. The Kier molecular flexibility index (Phi) is 5.33. The Labute approximate surface area is 185 Å². The molecule has 0 N–H and O–H groups in total. The number of allylic oxidation sites excluding steroid dienone is 4. The monoisotopic (exact) mass is 441 g/mol. The number of rotatable bonds is 3. The molecule has 3 aromatic rings. The standard InChI is InChI=1S/C25H17Cl3F/c1-24(17-2-8-20(26)9-3-17)15-14-23(29)16-25(24,18-4-10-21(27)11-5-18)19-6-12-22(28)13-7-19/h2-16H,1H2. The molecule has 0 heterocycles. The van der Waals surface area contributed by atoms with E-state index in [0.29, 0.717) is 15.1 Å². The van der Waals surface area contributed by atoms with Gasteiger partial charge < -0.3 is 0 Å². The van der Waals surface area contributed by atoms with Crippen LogP contribution in [-0.4, -0.2) is 0 Å². The van der Waals surface area contributed by atoms with Crippen molar-refractivity contribution in [2.75, 3.05) is 0 Å². The Bertz CT molecular complexity index is 1030. The first-order chi connectivity index (χ1) is 13.8. The van der Waals surface area contributed by atoms with Crippen LogP contribution < -0.4 is 0 Å². The molecule has 1 atom stereocenters. The molecule has 1 aliphatic rings. The second-order valence-corrected chi connectivity index (χ2v) is 8.47. The van der Waals surface area contributed by atoms with Crippen molar-refractivity contribution in [2.24, 2.45) is 0 Å². The van der Waals surface area contributed by atoms with E-state index in [9.17, 15) is 4.39 Å². The molecule has 0 bridgehead atoms. The molecule has 4 heteroatoms. The Morgan fingerprint density at radius 2 is 1.00 bits per heavy atom. The molecule has 4 rings (SSSR count). The predicted molar refractivity (Wildman–Crippen MR) is 121 cm³/mol. The first kappa shape index (κ1) is 20.2. The molecule has 3 aromatic carbocycles.